The van der Waals surface area contributed by atoms with Crippen LogP contribution in [0.1, 0.15) is 24.1 Å². The number of nitrogens with one attached hydrogen (secondary N) is 1. The molecule has 1 aliphatic heterocycles. The number of hydrogen-bond donors (Lipinski definition) is 1. The summed E-state index contributed by atoms with van der Waals surface area (Å²) in [6, 6.07) is 10.8. The first kappa shape index (κ1) is 24.1. The van der Waals surface area contributed by atoms with Gasteiger partial charge in [0.15, 0.2) is 0 Å². The maximum Gasteiger partial charge on any atom is 0.295 e. The zero-order chi connectivity index (χ0) is 24.1. The minimum absolute atomic E-state index is 0.0931. The highest BCUT2D eigenvalue weighted by Crippen LogP contribution is 2.43. The molecule has 8 heteroatoms. The predicted molar refractivity (Wildman–Crippen MR) is 121 cm³/mol. The van der Waals surface area contributed by atoms with Crippen LogP contribution in [0.3, 0.4) is 0 Å². The zero-order valence-corrected chi connectivity index (χ0v) is 19.6. The maximum atomic E-state index is 13.5. The summed E-state index contributed by atoms with van der Waals surface area (Å²) in [7, 11) is 6.95. The summed E-state index contributed by atoms with van der Waals surface area (Å²) in [5.41, 5.74) is 0.741. The Morgan fingerprint density at radius 3 is 2.27 bits per heavy atom. The van der Waals surface area contributed by atoms with E-state index in [1.807, 2.05) is 21.0 Å². The summed E-state index contributed by atoms with van der Waals surface area (Å²) in [5.74, 6) is -0.371. The molecule has 2 aromatic carbocycles. The summed E-state index contributed by atoms with van der Waals surface area (Å²) in [6.07, 6.45) is 0. The van der Waals surface area contributed by atoms with Crippen molar-refractivity contribution in [3.63, 3.8) is 0 Å². The normalized spacial score (nSPS) is 17.5. The lowest BCUT2D eigenvalue weighted by Crippen LogP contribution is -3.06. The summed E-state index contributed by atoms with van der Waals surface area (Å²) in [6.45, 7) is 3.27. The zero-order valence-electron chi connectivity index (χ0n) is 19.6. The fourth-order valence-corrected chi connectivity index (χ4v) is 3.85. The monoisotopic (exact) mass is 454 g/mol. The lowest BCUT2D eigenvalue weighted by atomic mass is 9.94. The number of ether oxygens (including phenoxy) is 3. The third kappa shape index (κ3) is 4.96. The Bertz CT molecular complexity index is 1050. The summed E-state index contributed by atoms with van der Waals surface area (Å²) < 4.78 is 16.3. The predicted octanol–water partition coefficient (Wildman–Crippen LogP) is 0.471. The molecule has 1 heterocycles. The molecular formula is C25H30N2O6. The van der Waals surface area contributed by atoms with E-state index in [4.69, 9.17) is 14.2 Å². The Kier molecular flexibility index (Phi) is 7.60. The van der Waals surface area contributed by atoms with Gasteiger partial charge in [0.2, 0.25) is 5.78 Å². The number of carbonyl (C=O) groups is 2. The molecule has 3 rings (SSSR count). The van der Waals surface area contributed by atoms with Crippen molar-refractivity contribution in [3.8, 4) is 17.2 Å². The molecule has 0 radical (unpaired) electrons. The molecule has 33 heavy (non-hydrogen) atoms. The summed E-state index contributed by atoms with van der Waals surface area (Å²) in [4.78, 5) is 28.7. The minimum atomic E-state index is -0.881. The van der Waals surface area contributed by atoms with E-state index in [0.29, 0.717) is 48.1 Å². The van der Waals surface area contributed by atoms with Gasteiger partial charge in [-0.3, -0.25) is 9.59 Å². The van der Waals surface area contributed by atoms with Gasteiger partial charge in [0.05, 0.1) is 54.1 Å². The van der Waals surface area contributed by atoms with E-state index in [2.05, 4.69) is 0 Å². The Labute approximate surface area is 194 Å². The third-order valence-corrected chi connectivity index (χ3v) is 5.54. The highest BCUT2D eigenvalue weighted by Gasteiger charge is 2.45. The van der Waals surface area contributed by atoms with Crippen molar-refractivity contribution in [2.45, 2.75) is 13.0 Å². The largest absolute Gasteiger partial charge is 0.872 e. The van der Waals surface area contributed by atoms with Gasteiger partial charge in [-0.1, -0.05) is 17.9 Å². The molecule has 1 saturated heterocycles. The number of hydrogen-bond acceptors (Lipinski definition) is 6. The molecule has 176 valence electrons. The second kappa shape index (κ2) is 10.4. The van der Waals surface area contributed by atoms with Gasteiger partial charge in [-0.2, -0.15) is 0 Å². The topological polar surface area (TPSA) is 92.6 Å². The van der Waals surface area contributed by atoms with Crippen LogP contribution in [0, 0.1) is 0 Å². The number of nitrogens with zero attached hydrogens (tertiary/aromatic N) is 1. The van der Waals surface area contributed by atoms with E-state index in [9.17, 15) is 14.7 Å². The van der Waals surface area contributed by atoms with Gasteiger partial charge in [0.1, 0.15) is 17.2 Å². The average molecular weight is 455 g/mol. The fraction of sp³-hybridized carbons (Fsp3) is 0.360. The number of Topliss-reactive ketones (excluding diaryl/α,β-unsaturated/α-hetero) is 1. The van der Waals surface area contributed by atoms with Crippen LogP contribution in [0.15, 0.2) is 48.0 Å². The molecule has 0 aliphatic carbocycles. The average Bonchev–Trinajstić information content (AvgIpc) is 3.07. The molecule has 1 atom stereocenters. The second-order valence-corrected chi connectivity index (χ2v) is 8.00. The number of carbonyl (C=O) groups excluding carboxylic acids is 2. The van der Waals surface area contributed by atoms with E-state index >= 15 is 0 Å². The van der Waals surface area contributed by atoms with Crippen LogP contribution in [-0.2, 0) is 9.59 Å². The van der Waals surface area contributed by atoms with Crippen molar-refractivity contribution in [3.05, 3.63) is 59.2 Å². The number of methoxy groups -OCH3 is 2. The van der Waals surface area contributed by atoms with Gasteiger partial charge >= 0.3 is 0 Å². The summed E-state index contributed by atoms with van der Waals surface area (Å²) in [5, 5.41) is 13.5. The highest BCUT2D eigenvalue weighted by molar-refractivity contribution is 6.46. The van der Waals surface area contributed by atoms with Crippen LogP contribution < -0.4 is 24.2 Å². The lowest BCUT2D eigenvalue weighted by molar-refractivity contribution is -0.857. The molecule has 0 bridgehead atoms. The van der Waals surface area contributed by atoms with Gasteiger partial charge in [-0.25, -0.2) is 0 Å². The van der Waals surface area contributed by atoms with Crippen LogP contribution in [0.5, 0.6) is 17.2 Å². The molecule has 2 aromatic rings. The highest BCUT2D eigenvalue weighted by atomic mass is 16.5. The number of rotatable bonds is 9. The molecule has 8 nitrogen and oxygen atoms in total. The number of ketones is 1. The van der Waals surface area contributed by atoms with Gasteiger partial charge in [0.25, 0.3) is 5.91 Å². The summed E-state index contributed by atoms with van der Waals surface area (Å²) >= 11 is 0. The molecule has 1 unspecified atom stereocenters. The first-order valence-electron chi connectivity index (χ1n) is 10.8. The lowest BCUT2D eigenvalue weighted by Gasteiger charge is -2.29. The number of benzene rings is 2. The molecule has 1 aliphatic rings. The van der Waals surface area contributed by atoms with Crippen molar-refractivity contribution < 1.29 is 33.8 Å². The van der Waals surface area contributed by atoms with Crippen LogP contribution in [0.2, 0.25) is 0 Å². The van der Waals surface area contributed by atoms with Gasteiger partial charge in [-0.05, 0) is 42.8 Å². The maximum absolute atomic E-state index is 13.5. The van der Waals surface area contributed by atoms with Gasteiger partial charge < -0.3 is 29.1 Å². The molecule has 1 N–H and O–H groups in total. The van der Waals surface area contributed by atoms with Crippen LogP contribution in [-0.4, -0.2) is 64.6 Å². The van der Waals surface area contributed by atoms with Crippen molar-refractivity contribution in [1.82, 2.24) is 4.90 Å². The van der Waals surface area contributed by atoms with Crippen molar-refractivity contribution in [2.24, 2.45) is 0 Å². The number of quaternary nitrogens is 1. The van der Waals surface area contributed by atoms with E-state index in [-0.39, 0.29) is 5.57 Å². The van der Waals surface area contributed by atoms with Crippen molar-refractivity contribution in [1.29, 1.82) is 0 Å². The quantitative estimate of drug-likeness (QED) is 0.337. The first-order chi connectivity index (χ1) is 15.8. The van der Waals surface area contributed by atoms with Crippen molar-refractivity contribution in [2.75, 3.05) is 48.0 Å². The van der Waals surface area contributed by atoms with Gasteiger partial charge in [-0.15, -0.1) is 0 Å². The minimum Gasteiger partial charge on any atom is -0.872 e. The second-order valence-electron chi connectivity index (χ2n) is 8.00. The molecular weight excluding hydrogens is 424 g/mol. The molecule has 0 saturated carbocycles. The standard InChI is InChI=1S/C25H30N2O6/c1-6-33-17-9-7-16(8-10-17)23(28)21-22(19-15-18(31-4)11-12-20(19)32-5)27(14-13-26(2)3)25(30)24(21)29/h7-12,15,22,28H,6,13-14H2,1-5H3/b23-21+. The Hall–Kier alpha value is -3.52. The molecule has 0 spiro atoms. The smallest absolute Gasteiger partial charge is 0.295 e. The Balaban J connectivity index is 2.19. The Morgan fingerprint density at radius 2 is 1.70 bits per heavy atom. The van der Waals surface area contributed by atoms with E-state index in [1.54, 1.807) is 42.5 Å². The van der Waals surface area contributed by atoms with E-state index < -0.39 is 23.5 Å². The fourth-order valence-electron chi connectivity index (χ4n) is 3.85. The molecule has 1 fully saturated rings. The van der Waals surface area contributed by atoms with Crippen LogP contribution in [0.4, 0.5) is 0 Å². The number of likely N-dealkylation sites (N-methyl/N-ethyl adjacent to an activating group) is 1. The van der Waals surface area contributed by atoms with Crippen LogP contribution in [0.25, 0.3) is 5.76 Å². The molecule has 0 aromatic heterocycles. The van der Waals surface area contributed by atoms with Gasteiger partial charge in [0, 0.05) is 11.1 Å². The Morgan fingerprint density at radius 1 is 1.03 bits per heavy atom. The number of likely N-dealkylation sites (tertiary alicyclic amines) is 1. The first-order valence-corrected chi connectivity index (χ1v) is 10.8. The van der Waals surface area contributed by atoms with E-state index in [0.717, 1.165) is 4.90 Å². The van der Waals surface area contributed by atoms with Crippen molar-refractivity contribution >= 4 is 17.4 Å². The molecule has 1 amide bonds. The SMILES string of the molecule is CCOc1ccc(/C([O-])=C2\C(=O)C(=O)N(CC[NH+](C)C)C2c2cc(OC)ccc2OC)cc1. The third-order valence-electron chi connectivity index (χ3n) is 5.54. The van der Waals surface area contributed by atoms with Crippen LogP contribution >= 0.6 is 0 Å². The van der Waals surface area contributed by atoms with E-state index in [1.165, 1.54) is 19.1 Å². The number of amides is 1.